The van der Waals surface area contributed by atoms with Gasteiger partial charge in [0, 0.05) is 30.1 Å². The van der Waals surface area contributed by atoms with Crippen LogP contribution in [0.5, 0.6) is 5.75 Å². The number of hydrogen-bond donors (Lipinski definition) is 1. The summed E-state index contributed by atoms with van der Waals surface area (Å²) in [7, 11) is 1.58. The molecule has 1 amide bonds. The van der Waals surface area contributed by atoms with Crippen molar-refractivity contribution < 1.29 is 19.4 Å². The molecule has 3 aromatic rings. The number of methoxy groups -OCH3 is 1. The molecule has 1 fully saturated rings. The van der Waals surface area contributed by atoms with Crippen molar-refractivity contribution in [1.82, 2.24) is 9.88 Å². The first-order chi connectivity index (χ1) is 17.0. The first kappa shape index (κ1) is 25.7. The van der Waals surface area contributed by atoms with Gasteiger partial charge in [0.2, 0.25) is 0 Å². The van der Waals surface area contributed by atoms with Crippen LogP contribution in [0, 0.1) is 0 Å². The number of amides is 1. The highest BCUT2D eigenvalue weighted by Crippen LogP contribution is 2.42. The summed E-state index contributed by atoms with van der Waals surface area (Å²) in [5.41, 5.74) is 2.30. The van der Waals surface area contributed by atoms with Crippen LogP contribution in [-0.4, -0.2) is 33.8 Å². The normalized spacial score (nSPS) is 17.5. The molecule has 0 radical (unpaired) electrons. The zero-order chi connectivity index (χ0) is 26.2. The first-order valence-electron chi connectivity index (χ1n) is 11.3. The maximum atomic E-state index is 13.4. The van der Waals surface area contributed by atoms with E-state index >= 15 is 0 Å². The van der Waals surface area contributed by atoms with Crippen LogP contribution in [-0.2, 0) is 21.5 Å². The lowest BCUT2D eigenvalue weighted by Crippen LogP contribution is -2.29. The Labute approximate surface area is 220 Å². The van der Waals surface area contributed by atoms with Crippen LogP contribution in [0.25, 0.3) is 5.76 Å². The van der Waals surface area contributed by atoms with Crippen molar-refractivity contribution in [2.45, 2.75) is 38.8 Å². The van der Waals surface area contributed by atoms with Crippen molar-refractivity contribution in [2.24, 2.45) is 0 Å². The standard InChI is InChI=1S/C28H26Cl2N2O4/c1-28(2,3)19-13-18(6-8-22(19)36-4)25(33)23-24(17-5-7-20(29)21(30)14-17)32(27(35)26(23)34)15-16-9-11-31-12-10-16/h5-14,24,33H,15H2,1-4H3/b25-23-. The molecule has 0 spiro atoms. The molecule has 1 atom stereocenters. The van der Waals surface area contributed by atoms with Crippen LogP contribution < -0.4 is 4.74 Å². The van der Waals surface area contributed by atoms with E-state index in [1.807, 2.05) is 20.8 Å². The van der Waals surface area contributed by atoms with Crippen molar-refractivity contribution >= 4 is 40.7 Å². The number of likely N-dealkylation sites (tertiary alicyclic amines) is 1. The number of aliphatic hydroxyl groups excluding tert-OH is 1. The maximum Gasteiger partial charge on any atom is 0.295 e. The molecule has 6 nitrogen and oxygen atoms in total. The Kier molecular flexibility index (Phi) is 7.12. The smallest absolute Gasteiger partial charge is 0.295 e. The van der Waals surface area contributed by atoms with E-state index < -0.39 is 17.7 Å². The van der Waals surface area contributed by atoms with E-state index in [9.17, 15) is 14.7 Å². The fourth-order valence-electron chi connectivity index (χ4n) is 4.35. The SMILES string of the molecule is COc1ccc(/C(O)=C2/C(=O)C(=O)N(Cc3ccncc3)C2c2ccc(Cl)c(Cl)c2)cc1C(C)(C)C. The van der Waals surface area contributed by atoms with Gasteiger partial charge in [0.25, 0.3) is 11.7 Å². The van der Waals surface area contributed by atoms with Gasteiger partial charge in [0.15, 0.2) is 0 Å². The molecule has 4 rings (SSSR count). The van der Waals surface area contributed by atoms with Gasteiger partial charge in [-0.25, -0.2) is 0 Å². The number of rotatable bonds is 5. The second-order valence-corrected chi connectivity index (χ2v) is 10.4. The monoisotopic (exact) mass is 524 g/mol. The molecule has 0 bridgehead atoms. The quantitative estimate of drug-likeness (QED) is 0.240. The van der Waals surface area contributed by atoms with E-state index in [1.165, 1.54) is 4.90 Å². The van der Waals surface area contributed by atoms with Crippen LogP contribution in [0.15, 0.2) is 66.5 Å². The Morgan fingerprint density at radius 1 is 1.03 bits per heavy atom. The van der Waals surface area contributed by atoms with E-state index in [1.54, 1.807) is 68.0 Å². The second kappa shape index (κ2) is 9.96. The topological polar surface area (TPSA) is 79.7 Å². The number of halogens is 2. The lowest BCUT2D eigenvalue weighted by atomic mass is 9.84. The van der Waals surface area contributed by atoms with Crippen LogP contribution >= 0.6 is 23.2 Å². The Hall–Kier alpha value is -3.35. The third-order valence-electron chi connectivity index (χ3n) is 6.18. The van der Waals surface area contributed by atoms with Gasteiger partial charge in [0.1, 0.15) is 11.5 Å². The van der Waals surface area contributed by atoms with Crippen LogP contribution in [0.1, 0.15) is 49.1 Å². The van der Waals surface area contributed by atoms with E-state index in [0.29, 0.717) is 21.9 Å². The summed E-state index contributed by atoms with van der Waals surface area (Å²) in [6.07, 6.45) is 3.23. The minimum Gasteiger partial charge on any atom is -0.507 e. The molecule has 1 aliphatic rings. The van der Waals surface area contributed by atoms with Crippen molar-refractivity contribution in [3.8, 4) is 5.75 Å². The minimum atomic E-state index is -0.867. The van der Waals surface area contributed by atoms with Gasteiger partial charge in [0.05, 0.1) is 28.8 Å². The number of Topliss-reactive ketones (excluding diaryl/α,β-unsaturated/α-hetero) is 1. The summed E-state index contributed by atoms with van der Waals surface area (Å²) < 4.78 is 5.51. The van der Waals surface area contributed by atoms with Crippen LogP contribution in [0.4, 0.5) is 0 Å². The summed E-state index contributed by atoms with van der Waals surface area (Å²) >= 11 is 12.4. The molecule has 0 saturated carbocycles. The van der Waals surface area contributed by atoms with Crippen molar-refractivity contribution in [3.63, 3.8) is 0 Å². The predicted molar refractivity (Wildman–Crippen MR) is 140 cm³/mol. The molecule has 0 aliphatic carbocycles. The molecule has 2 heterocycles. The molecule has 1 unspecified atom stereocenters. The lowest BCUT2D eigenvalue weighted by Gasteiger charge is -2.26. The molecule has 1 N–H and O–H groups in total. The summed E-state index contributed by atoms with van der Waals surface area (Å²) in [5, 5.41) is 12.1. The number of carbonyl (C=O) groups excluding carboxylic acids is 2. The van der Waals surface area contributed by atoms with E-state index in [-0.39, 0.29) is 28.3 Å². The van der Waals surface area contributed by atoms with Crippen molar-refractivity contribution in [1.29, 1.82) is 0 Å². The number of pyridine rings is 1. The van der Waals surface area contributed by atoms with Crippen LogP contribution in [0.3, 0.4) is 0 Å². The number of hydrogen-bond acceptors (Lipinski definition) is 5. The second-order valence-electron chi connectivity index (χ2n) is 9.62. The Morgan fingerprint density at radius 3 is 2.33 bits per heavy atom. The van der Waals surface area contributed by atoms with Crippen molar-refractivity contribution in [3.05, 3.63) is 98.8 Å². The molecule has 1 saturated heterocycles. The third kappa shape index (κ3) is 4.84. The third-order valence-corrected chi connectivity index (χ3v) is 6.92. The summed E-state index contributed by atoms with van der Waals surface area (Å²) in [4.78, 5) is 32.1. The Balaban J connectivity index is 1.91. The molecule has 1 aliphatic heterocycles. The average Bonchev–Trinajstić information content (AvgIpc) is 3.10. The molecule has 36 heavy (non-hydrogen) atoms. The van der Waals surface area contributed by atoms with E-state index in [4.69, 9.17) is 27.9 Å². The predicted octanol–water partition coefficient (Wildman–Crippen LogP) is 6.32. The number of aromatic nitrogens is 1. The fraction of sp³-hybridized carbons (Fsp3) is 0.250. The minimum absolute atomic E-state index is 0.0162. The maximum absolute atomic E-state index is 13.4. The van der Waals surface area contributed by atoms with Gasteiger partial charge in [-0.1, -0.05) is 50.0 Å². The highest BCUT2D eigenvalue weighted by molar-refractivity contribution is 6.46. The van der Waals surface area contributed by atoms with Gasteiger partial charge >= 0.3 is 0 Å². The van der Waals surface area contributed by atoms with E-state index in [0.717, 1.165) is 11.1 Å². The Bertz CT molecular complexity index is 1360. The molecular formula is C28H26Cl2N2O4. The summed E-state index contributed by atoms with van der Waals surface area (Å²) in [6.45, 7) is 6.22. The molecule has 186 valence electrons. The summed E-state index contributed by atoms with van der Waals surface area (Å²) in [5.74, 6) is -1.09. The number of aliphatic hydroxyl groups is 1. The van der Waals surface area contributed by atoms with Crippen molar-refractivity contribution in [2.75, 3.05) is 7.11 Å². The average molecular weight is 525 g/mol. The molecule has 8 heteroatoms. The molecule has 1 aromatic heterocycles. The van der Waals surface area contributed by atoms with Gasteiger partial charge < -0.3 is 14.7 Å². The van der Waals surface area contributed by atoms with Gasteiger partial charge in [-0.3, -0.25) is 14.6 Å². The highest BCUT2D eigenvalue weighted by Gasteiger charge is 2.46. The van der Waals surface area contributed by atoms with Gasteiger partial charge in [-0.15, -0.1) is 0 Å². The molecular weight excluding hydrogens is 499 g/mol. The van der Waals surface area contributed by atoms with E-state index in [2.05, 4.69) is 4.98 Å². The Morgan fingerprint density at radius 2 is 1.72 bits per heavy atom. The first-order valence-corrected chi connectivity index (χ1v) is 12.1. The number of benzene rings is 2. The van der Waals surface area contributed by atoms with Gasteiger partial charge in [-0.2, -0.15) is 0 Å². The largest absolute Gasteiger partial charge is 0.507 e. The highest BCUT2D eigenvalue weighted by atomic mass is 35.5. The number of ketones is 1. The summed E-state index contributed by atoms with van der Waals surface area (Å²) in [6, 6.07) is 12.8. The number of nitrogens with zero attached hydrogens (tertiary/aromatic N) is 2. The fourth-order valence-corrected chi connectivity index (χ4v) is 4.66. The number of carbonyl (C=O) groups is 2. The zero-order valence-electron chi connectivity index (χ0n) is 20.4. The lowest BCUT2D eigenvalue weighted by molar-refractivity contribution is -0.140. The number of ether oxygens (including phenoxy) is 1. The van der Waals surface area contributed by atoms with Crippen LogP contribution in [0.2, 0.25) is 10.0 Å². The molecule has 2 aromatic carbocycles. The van der Waals surface area contributed by atoms with Gasteiger partial charge in [-0.05, 0) is 59.0 Å². The zero-order valence-corrected chi connectivity index (χ0v) is 21.9.